The van der Waals surface area contributed by atoms with Crippen LogP contribution in [-0.4, -0.2) is 69.5 Å². The van der Waals surface area contributed by atoms with Gasteiger partial charge in [-0.3, -0.25) is 4.98 Å². The van der Waals surface area contributed by atoms with Crippen molar-refractivity contribution in [3.63, 3.8) is 0 Å². The molecule has 3 unspecified atom stereocenters. The van der Waals surface area contributed by atoms with Crippen molar-refractivity contribution < 1.29 is 27.8 Å². The zero-order chi connectivity index (χ0) is 30.5. The lowest BCUT2D eigenvalue weighted by molar-refractivity contribution is -0.0517. The van der Waals surface area contributed by atoms with Crippen molar-refractivity contribution in [2.24, 2.45) is 5.41 Å². The average molecular weight is 609 g/mol. The molecule has 4 aromatic rings. The van der Waals surface area contributed by atoms with Crippen LogP contribution in [0.4, 0.5) is 19.0 Å². The van der Waals surface area contributed by atoms with Gasteiger partial charge in [-0.1, -0.05) is 24.6 Å². The van der Waals surface area contributed by atoms with Gasteiger partial charge in [0.05, 0.1) is 17.6 Å². The van der Waals surface area contributed by atoms with E-state index in [0.29, 0.717) is 59.7 Å². The zero-order valence-corrected chi connectivity index (χ0v) is 24.5. The van der Waals surface area contributed by atoms with Gasteiger partial charge in [-0.15, -0.1) is 0 Å². The molecule has 0 amide bonds. The number of anilines is 1. The molecule has 2 saturated heterocycles. The lowest BCUT2D eigenvalue weighted by atomic mass is 9.76. The molecule has 1 saturated carbocycles. The number of hydrogen-bond donors (Lipinski definition) is 2. The van der Waals surface area contributed by atoms with E-state index in [1.807, 2.05) is 4.90 Å². The van der Waals surface area contributed by atoms with Crippen LogP contribution in [0.1, 0.15) is 51.9 Å². The molecule has 232 valence electrons. The molecule has 7 rings (SSSR count). The first kappa shape index (κ1) is 29.0. The summed E-state index contributed by atoms with van der Waals surface area (Å²) in [7, 11) is 0. The van der Waals surface area contributed by atoms with Gasteiger partial charge in [0.25, 0.3) is 0 Å². The van der Waals surface area contributed by atoms with Gasteiger partial charge in [0.2, 0.25) is 5.88 Å². The van der Waals surface area contributed by atoms with Crippen molar-refractivity contribution >= 4 is 27.5 Å². The fourth-order valence-corrected chi connectivity index (χ4v) is 7.38. The Morgan fingerprint density at radius 1 is 1.05 bits per heavy atom. The number of fused-ring (bicyclic) bond motifs is 3. The van der Waals surface area contributed by atoms with Gasteiger partial charge in [-0.2, -0.15) is 18.7 Å². The Morgan fingerprint density at radius 2 is 1.86 bits per heavy atom. The second-order valence-electron chi connectivity index (χ2n) is 12.6. The van der Waals surface area contributed by atoms with Crippen LogP contribution in [0.25, 0.3) is 32.9 Å². The van der Waals surface area contributed by atoms with Crippen LogP contribution in [0.5, 0.6) is 11.9 Å². The molecule has 0 radical (unpaired) electrons. The maximum atomic E-state index is 16.6. The van der Waals surface area contributed by atoms with Gasteiger partial charge in [0, 0.05) is 47.9 Å². The molecular formula is C32H35F3N6O3. The molecule has 0 spiro atoms. The van der Waals surface area contributed by atoms with E-state index in [1.54, 1.807) is 31.2 Å². The number of hydrogen-bond acceptors (Lipinski definition) is 9. The number of benzene rings is 1. The minimum absolute atomic E-state index is 0.0138. The monoisotopic (exact) mass is 608 g/mol. The summed E-state index contributed by atoms with van der Waals surface area (Å²) in [5.41, 5.74) is -0.638. The molecule has 0 bridgehead atoms. The van der Waals surface area contributed by atoms with Crippen LogP contribution in [0.3, 0.4) is 0 Å². The average Bonchev–Trinajstić information content (AvgIpc) is 3.44. The third kappa shape index (κ3) is 5.27. The molecule has 3 fully saturated rings. The number of halogens is 3. The maximum absolute atomic E-state index is 16.6. The Labute approximate surface area is 252 Å². The van der Waals surface area contributed by atoms with E-state index in [9.17, 15) is 13.9 Å². The molecule has 44 heavy (non-hydrogen) atoms. The minimum Gasteiger partial charge on any atom is -0.463 e. The van der Waals surface area contributed by atoms with E-state index < -0.39 is 18.0 Å². The Kier molecular flexibility index (Phi) is 7.44. The molecule has 2 N–H and O–H groups in total. The van der Waals surface area contributed by atoms with E-state index >= 15 is 4.39 Å². The maximum Gasteiger partial charge on any atom is 0.388 e. The summed E-state index contributed by atoms with van der Waals surface area (Å²) in [4.78, 5) is 19.8. The lowest BCUT2D eigenvalue weighted by Crippen LogP contribution is -2.49. The number of piperidine rings is 2. The number of nitrogens with one attached hydrogen (secondary N) is 1. The predicted octanol–water partition coefficient (Wildman–Crippen LogP) is 5.63. The largest absolute Gasteiger partial charge is 0.463 e. The number of aromatic nitrogens is 4. The summed E-state index contributed by atoms with van der Waals surface area (Å²) < 4.78 is 53.7. The Hall–Kier alpha value is -3.77. The van der Waals surface area contributed by atoms with E-state index in [-0.39, 0.29) is 28.5 Å². The van der Waals surface area contributed by atoms with Crippen LogP contribution < -0.4 is 19.7 Å². The topological polar surface area (TPSA) is 106 Å². The van der Waals surface area contributed by atoms with Gasteiger partial charge in [0.1, 0.15) is 17.0 Å². The van der Waals surface area contributed by atoms with E-state index in [0.717, 1.165) is 45.1 Å². The van der Waals surface area contributed by atoms with Gasteiger partial charge in [-0.25, -0.2) is 9.37 Å². The number of nitrogens with zero attached hydrogens (tertiary/aromatic N) is 5. The van der Waals surface area contributed by atoms with E-state index in [4.69, 9.17) is 9.72 Å². The number of β-amino-alcohol motifs (C(OH)–C–C–N with tert-alkyl or cyclic N) is 1. The van der Waals surface area contributed by atoms with E-state index in [1.165, 1.54) is 12.4 Å². The highest BCUT2D eigenvalue weighted by Gasteiger charge is 2.45. The highest BCUT2D eigenvalue weighted by molar-refractivity contribution is 6.00. The van der Waals surface area contributed by atoms with Crippen LogP contribution in [0.2, 0.25) is 0 Å². The smallest absolute Gasteiger partial charge is 0.388 e. The molecule has 3 atom stereocenters. The zero-order valence-electron chi connectivity index (χ0n) is 24.5. The van der Waals surface area contributed by atoms with Crippen LogP contribution in [0.15, 0.2) is 36.7 Å². The third-order valence-corrected chi connectivity index (χ3v) is 9.47. The number of rotatable bonds is 7. The first-order valence-corrected chi connectivity index (χ1v) is 15.3. The highest BCUT2D eigenvalue weighted by Crippen LogP contribution is 2.45. The Balaban J connectivity index is 1.33. The van der Waals surface area contributed by atoms with Crippen LogP contribution >= 0.6 is 0 Å². The molecule has 5 heterocycles. The quantitative estimate of drug-likeness (QED) is 0.276. The summed E-state index contributed by atoms with van der Waals surface area (Å²) in [6.45, 7) is 1.09. The summed E-state index contributed by atoms with van der Waals surface area (Å²) in [5, 5.41) is 15.7. The van der Waals surface area contributed by atoms with Gasteiger partial charge >= 0.3 is 12.6 Å². The van der Waals surface area contributed by atoms with Crippen LogP contribution in [0, 0.1) is 11.2 Å². The fraction of sp³-hybridized carbons (Fsp3) is 0.500. The Morgan fingerprint density at radius 3 is 2.68 bits per heavy atom. The first-order valence-electron chi connectivity index (χ1n) is 15.3. The SMILES string of the molecule is CC1(O)CCCN(c2nc(OCC34CCCNC3CCC4)nc3c(F)c(-c4cnc(OC(F)F)c5ccccc45)ncc23)C1. The number of aliphatic hydroxyl groups is 1. The lowest BCUT2D eigenvalue weighted by Gasteiger charge is -2.40. The molecular weight excluding hydrogens is 573 g/mol. The van der Waals surface area contributed by atoms with E-state index in [2.05, 4.69) is 25.0 Å². The van der Waals surface area contributed by atoms with Crippen molar-refractivity contribution in [1.29, 1.82) is 0 Å². The Bertz CT molecular complexity index is 1710. The number of ether oxygens (including phenoxy) is 2. The second kappa shape index (κ2) is 11.3. The van der Waals surface area contributed by atoms with Crippen molar-refractivity contribution in [3.8, 4) is 23.1 Å². The molecule has 3 aliphatic rings. The fourth-order valence-electron chi connectivity index (χ4n) is 7.38. The molecule has 1 aliphatic carbocycles. The summed E-state index contributed by atoms with van der Waals surface area (Å²) in [6, 6.07) is 7.11. The van der Waals surface area contributed by atoms with Crippen molar-refractivity contribution in [1.82, 2.24) is 25.3 Å². The van der Waals surface area contributed by atoms with Gasteiger partial charge in [-0.05, 0) is 63.4 Å². The van der Waals surface area contributed by atoms with Crippen molar-refractivity contribution in [2.75, 3.05) is 31.1 Å². The molecule has 12 heteroatoms. The van der Waals surface area contributed by atoms with Gasteiger partial charge in [0.15, 0.2) is 5.82 Å². The summed E-state index contributed by atoms with van der Waals surface area (Å²) >= 11 is 0. The number of alkyl halides is 2. The number of pyridine rings is 2. The van der Waals surface area contributed by atoms with Gasteiger partial charge < -0.3 is 24.8 Å². The standard InChI is InChI=1S/C32H35F3N6O3/c1-31(42)10-6-14-41(17-31)27-22-16-37-25(21-15-38-28(44-29(34)35)20-8-3-2-7-19(20)21)24(33)26(22)39-30(40-27)43-18-32-11-4-9-23(32)36-13-5-12-32/h2-3,7-8,15-16,23,29,36,42H,4-6,9-14,17-18H2,1H3. The highest BCUT2D eigenvalue weighted by atomic mass is 19.3. The molecule has 9 nitrogen and oxygen atoms in total. The molecule has 1 aromatic carbocycles. The molecule has 2 aliphatic heterocycles. The second-order valence-corrected chi connectivity index (χ2v) is 12.6. The van der Waals surface area contributed by atoms with Crippen LogP contribution in [-0.2, 0) is 0 Å². The molecule has 3 aromatic heterocycles. The van der Waals surface area contributed by atoms with Crippen molar-refractivity contribution in [3.05, 3.63) is 42.5 Å². The third-order valence-electron chi connectivity index (χ3n) is 9.47. The normalized spacial score (nSPS) is 25.5. The first-order chi connectivity index (χ1) is 21.2. The minimum atomic E-state index is -3.06. The van der Waals surface area contributed by atoms with Crippen molar-refractivity contribution in [2.45, 2.75) is 70.1 Å². The summed E-state index contributed by atoms with van der Waals surface area (Å²) in [6.07, 6.45) is 9.59. The predicted molar refractivity (Wildman–Crippen MR) is 160 cm³/mol. The summed E-state index contributed by atoms with van der Waals surface area (Å²) in [5.74, 6) is -0.501.